The summed E-state index contributed by atoms with van der Waals surface area (Å²) in [5, 5.41) is 6.29. The summed E-state index contributed by atoms with van der Waals surface area (Å²) in [6.07, 6.45) is 3.74. The third-order valence-corrected chi connectivity index (χ3v) is 2.83. The fourth-order valence-electron chi connectivity index (χ4n) is 1.91. The van der Waals surface area contributed by atoms with Crippen LogP contribution in [0.2, 0.25) is 0 Å². The molecule has 0 aromatic carbocycles. The minimum Gasteiger partial charge on any atom is -0.353 e. The van der Waals surface area contributed by atoms with Crippen LogP contribution in [-0.4, -0.2) is 24.0 Å². The molecule has 0 aromatic heterocycles. The second-order valence-corrected chi connectivity index (χ2v) is 3.72. The van der Waals surface area contributed by atoms with Crippen LogP contribution in [0.4, 0.5) is 0 Å². The van der Waals surface area contributed by atoms with Gasteiger partial charge in [0.25, 0.3) is 0 Å². The highest BCUT2D eigenvalue weighted by Gasteiger charge is 2.42. The Kier molecular flexibility index (Phi) is 1.42. The molecule has 0 aromatic rings. The van der Waals surface area contributed by atoms with E-state index in [2.05, 4.69) is 10.6 Å². The van der Waals surface area contributed by atoms with Gasteiger partial charge in [0.2, 0.25) is 5.91 Å². The molecule has 1 amide bonds. The first-order chi connectivity index (χ1) is 5.22. The lowest BCUT2D eigenvalue weighted by atomic mass is 9.75. The van der Waals surface area contributed by atoms with Crippen LogP contribution >= 0.6 is 0 Å². The highest BCUT2D eigenvalue weighted by molar-refractivity contribution is 5.82. The van der Waals surface area contributed by atoms with Crippen LogP contribution < -0.4 is 10.6 Å². The number of piperazine rings is 1. The zero-order valence-electron chi connectivity index (χ0n) is 6.81. The van der Waals surface area contributed by atoms with E-state index in [-0.39, 0.29) is 17.5 Å². The second-order valence-electron chi connectivity index (χ2n) is 3.72. The van der Waals surface area contributed by atoms with Crippen LogP contribution in [0.25, 0.3) is 0 Å². The Balaban J connectivity index is 2.02. The van der Waals surface area contributed by atoms with Gasteiger partial charge in [0.1, 0.15) is 0 Å². The van der Waals surface area contributed by atoms with Gasteiger partial charge in [-0.1, -0.05) is 0 Å². The molecule has 1 saturated carbocycles. The van der Waals surface area contributed by atoms with Gasteiger partial charge >= 0.3 is 0 Å². The van der Waals surface area contributed by atoms with E-state index in [0.29, 0.717) is 0 Å². The number of rotatable bonds is 0. The van der Waals surface area contributed by atoms with Gasteiger partial charge in [-0.25, -0.2) is 0 Å². The standard InChI is InChI=1S/C8H14N2O/c1-6-7(11)9-5-8(10-6)3-2-4-8/h6,10H,2-5H2,1H3,(H,9,11). The highest BCUT2D eigenvalue weighted by atomic mass is 16.2. The normalized spacial score (nSPS) is 34.6. The fraction of sp³-hybridized carbons (Fsp3) is 0.875. The van der Waals surface area contributed by atoms with Gasteiger partial charge in [-0.3, -0.25) is 10.1 Å². The molecule has 1 heterocycles. The zero-order chi connectivity index (χ0) is 7.90. The van der Waals surface area contributed by atoms with Crippen LogP contribution in [0.5, 0.6) is 0 Å². The SMILES string of the molecule is CC1NC2(CCC2)CNC1=O. The van der Waals surface area contributed by atoms with Crippen molar-refractivity contribution >= 4 is 5.91 Å². The zero-order valence-corrected chi connectivity index (χ0v) is 6.81. The van der Waals surface area contributed by atoms with Gasteiger partial charge in [-0.2, -0.15) is 0 Å². The molecule has 2 fully saturated rings. The molecule has 2 rings (SSSR count). The van der Waals surface area contributed by atoms with E-state index in [0.717, 1.165) is 6.54 Å². The van der Waals surface area contributed by atoms with Crippen LogP contribution in [0, 0.1) is 0 Å². The number of nitrogens with one attached hydrogen (secondary N) is 2. The summed E-state index contributed by atoms with van der Waals surface area (Å²) in [6.45, 7) is 2.75. The predicted octanol–water partition coefficient (Wildman–Crippen LogP) is 0.0170. The summed E-state index contributed by atoms with van der Waals surface area (Å²) in [5.41, 5.74) is 0.271. The monoisotopic (exact) mass is 154 g/mol. The van der Waals surface area contributed by atoms with Gasteiger partial charge in [0.15, 0.2) is 0 Å². The minimum absolute atomic E-state index is 0.00375. The van der Waals surface area contributed by atoms with Crippen LogP contribution in [-0.2, 0) is 4.79 Å². The number of carbonyl (C=O) groups is 1. The lowest BCUT2D eigenvalue weighted by Gasteiger charge is -2.47. The minimum atomic E-state index is 0.00375. The number of amides is 1. The molecule has 0 radical (unpaired) electrons. The molecule has 1 aliphatic carbocycles. The van der Waals surface area contributed by atoms with Crippen molar-refractivity contribution in [2.75, 3.05) is 6.54 Å². The smallest absolute Gasteiger partial charge is 0.236 e. The first-order valence-electron chi connectivity index (χ1n) is 4.27. The summed E-state index contributed by atoms with van der Waals surface area (Å²) in [5.74, 6) is 0.141. The van der Waals surface area contributed by atoms with E-state index in [1.54, 1.807) is 0 Å². The topological polar surface area (TPSA) is 41.1 Å². The van der Waals surface area contributed by atoms with E-state index in [9.17, 15) is 4.79 Å². The molecule has 3 heteroatoms. The third-order valence-electron chi connectivity index (χ3n) is 2.83. The Labute approximate surface area is 66.5 Å². The van der Waals surface area contributed by atoms with Crippen LogP contribution in [0.15, 0.2) is 0 Å². The fourth-order valence-corrected chi connectivity index (χ4v) is 1.91. The lowest BCUT2D eigenvalue weighted by molar-refractivity contribution is -0.126. The van der Waals surface area contributed by atoms with E-state index in [1.807, 2.05) is 6.92 Å². The molecule has 2 aliphatic rings. The molecule has 0 bridgehead atoms. The summed E-state index contributed by atoms with van der Waals surface area (Å²) in [7, 11) is 0. The Morgan fingerprint density at radius 2 is 2.27 bits per heavy atom. The molecular formula is C8H14N2O. The molecule has 1 unspecified atom stereocenters. The van der Waals surface area contributed by atoms with E-state index < -0.39 is 0 Å². The van der Waals surface area contributed by atoms with E-state index in [1.165, 1.54) is 19.3 Å². The molecule has 1 aliphatic heterocycles. The molecule has 3 nitrogen and oxygen atoms in total. The molecule has 1 saturated heterocycles. The van der Waals surface area contributed by atoms with Gasteiger partial charge in [-0.05, 0) is 26.2 Å². The van der Waals surface area contributed by atoms with Crippen molar-refractivity contribution in [1.29, 1.82) is 0 Å². The van der Waals surface area contributed by atoms with E-state index in [4.69, 9.17) is 0 Å². The number of carbonyl (C=O) groups excluding carboxylic acids is 1. The first-order valence-corrected chi connectivity index (χ1v) is 4.27. The molecule has 2 N–H and O–H groups in total. The van der Waals surface area contributed by atoms with Gasteiger partial charge in [-0.15, -0.1) is 0 Å². The molecule has 11 heavy (non-hydrogen) atoms. The molecule has 62 valence electrons. The third kappa shape index (κ3) is 1.03. The maximum Gasteiger partial charge on any atom is 0.236 e. The molecular weight excluding hydrogens is 140 g/mol. The second kappa shape index (κ2) is 2.21. The van der Waals surface area contributed by atoms with Crippen molar-refractivity contribution < 1.29 is 4.79 Å². The summed E-state index contributed by atoms with van der Waals surface area (Å²) < 4.78 is 0. The van der Waals surface area contributed by atoms with Crippen molar-refractivity contribution in [1.82, 2.24) is 10.6 Å². The van der Waals surface area contributed by atoms with Crippen molar-refractivity contribution in [3.8, 4) is 0 Å². The van der Waals surface area contributed by atoms with Crippen LogP contribution in [0.3, 0.4) is 0 Å². The Hall–Kier alpha value is -0.570. The number of hydrogen-bond acceptors (Lipinski definition) is 2. The summed E-state index contributed by atoms with van der Waals surface area (Å²) >= 11 is 0. The Bertz CT molecular complexity index is 187. The van der Waals surface area contributed by atoms with Crippen molar-refractivity contribution in [3.05, 3.63) is 0 Å². The van der Waals surface area contributed by atoms with Crippen molar-refractivity contribution in [2.24, 2.45) is 0 Å². The van der Waals surface area contributed by atoms with Gasteiger partial charge in [0, 0.05) is 12.1 Å². The van der Waals surface area contributed by atoms with Crippen molar-refractivity contribution in [2.45, 2.75) is 37.8 Å². The highest BCUT2D eigenvalue weighted by Crippen LogP contribution is 2.32. The Morgan fingerprint density at radius 1 is 1.55 bits per heavy atom. The summed E-state index contributed by atoms with van der Waals surface area (Å²) in [4.78, 5) is 11.0. The average Bonchev–Trinajstić information content (AvgIpc) is 1.92. The van der Waals surface area contributed by atoms with E-state index >= 15 is 0 Å². The summed E-state index contributed by atoms with van der Waals surface area (Å²) in [6, 6.07) is 0.00375. The first kappa shape index (κ1) is 7.10. The largest absolute Gasteiger partial charge is 0.353 e. The maximum atomic E-state index is 11.0. The Morgan fingerprint density at radius 3 is 2.73 bits per heavy atom. The quantitative estimate of drug-likeness (QED) is 0.516. The predicted molar refractivity (Wildman–Crippen MR) is 42.2 cm³/mol. The number of hydrogen-bond donors (Lipinski definition) is 2. The molecule has 1 spiro atoms. The van der Waals surface area contributed by atoms with Gasteiger partial charge < -0.3 is 5.32 Å². The lowest BCUT2D eigenvalue weighted by Crippen LogP contribution is -2.68. The van der Waals surface area contributed by atoms with Crippen LogP contribution in [0.1, 0.15) is 26.2 Å². The van der Waals surface area contributed by atoms with Gasteiger partial charge in [0.05, 0.1) is 6.04 Å². The maximum absolute atomic E-state index is 11.0. The molecule has 1 atom stereocenters. The van der Waals surface area contributed by atoms with Crippen molar-refractivity contribution in [3.63, 3.8) is 0 Å². The average molecular weight is 154 g/mol.